The van der Waals surface area contributed by atoms with Gasteiger partial charge in [-0.1, -0.05) is 22.4 Å². The molecule has 0 saturated carbocycles. The van der Waals surface area contributed by atoms with Crippen molar-refractivity contribution in [2.45, 2.75) is 39.0 Å². The van der Waals surface area contributed by atoms with Crippen LogP contribution in [0.5, 0.6) is 0 Å². The molecular formula is C19H19Br2FN2O2S2. The number of anilines is 2. The van der Waals surface area contributed by atoms with Gasteiger partial charge in [0.05, 0.1) is 17.9 Å². The highest BCUT2D eigenvalue weighted by Crippen LogP contribution is 2.38. The Morgan fingerprint density at radius 3 is 2.71 bits per heavy atom. The number of hydrogen-bond donors (Lipinski definition) is 2. The van der Waals surface area contributed by atoms with Gasteiger partial charge in [-0.15, -0.1) is 11.3 Å². The fraction of sp³-hybridized carbons (Fsp3) is 0.368. The second-order valence-corrected chi connectivity index (χ2v) is 9.60. The number of thiocarbonyl (C=S) groups is 1. The lowest BCUT2D eigenvalue weighted by Gasteiger charge is -2.13. The van der Waals surface area contributed by atoms with E-state index in [2.05, 4.69) is 42.5 Å². The number of esters is 1. The summed E-state index contributed by atoms with van der Waals surface area (Å²) in [5.74, 6) is -0.791. The molecular weight excluding hydrogens is 531 g/mol. The molecule has 0 saturated heterocycles. The maximum atomic E-state index is 14.3. The predicted octanol–water partition coefficient (Wildman–Crippen LogP) is 6.67. The van der Waals surface area contributed by atoms with Crippen LogP contribution < -0.4 is 10.6 Å². The Morgan fingerprint density at radius 1 is 1.25 bits per heavy atom. The van der Waals surface area contributed by atoms with Crippen molar-refractivity contribution in [2.24, 2.45) is 0 Å². The average Bonchev–Trinajstić information content (AvgIpc) is 2.79. The first-order valence-corrected chi connectivity index (χ1v) is 11.8. The molecule has 1 aliphatic rings. The minimum atomic E-state index is -0.446. The van der Waals surface area contributed by atoms with E-state index in [4.69, 9.17) is 17.0 Å². The molecule has 2 N–H and O–H groups in total. The highest BCUT2D eigenvalue weighted by atomic mass is 79.9. The first kappa shape index (κ1) is 21.7. The van der Waals surface area contributed by atoms with Gasteiger partial charge in [0.2, 0.25) is 0 Å². The van der Waals surface area contributed by atoms with Gasteiger partial charge in [-0.2, -0.15) is 0 Å². The van der Waals surface area contributed by atoms with Crippen molar-refractivity contribution in [3.8, 4) is 0 Å². The summed E-state index contributed by atoms with van der Waals surface area (Å²) in [5.41, 5.74) is 1.85. The summed E-state index contributed by atoms with van der Waals surface area (Å²) in [5, 5.41) is 6.82. The SMILES string of the molecule is CCOC(=O)c1c(NC(=S)Nc2c(F)cc(Br)cc2Br)sc2c1CCCCC2. The Hall–Kier alpha value is -1.03. The van der Waals surface area contributed by atoms with Crippen molar-refractivity contribution in [2.75, 3.05) is 17.2 Å². The molecule has 1 heterocycles. The van der Waals surface area contributed by atoms with Gasteiger partial charge in [0.25, 0.3) is 0 Å². The van der Waals surface area contributed by atoms with Gasteiger partial charge >= 0.3 is 5.97 Å². The lowest BCUT2D eigenvalue weighted by molar-refractivity contribution is 0.0527. The van der Waals surface area contributed by atoms with Gasteiger partial charge in [-0.25, -0.2) is 9.18 Å². The number of halogens is 3. The molecule has 4 nitrogen and oxygen atoms in total. The molecule has 1 aliphatic carbocycles. The molecule has 0 bridgehead atoms. The first-order chi connectivity index (χ1) is 13.4. The summed E-state index contributed by atoms with van der Waals surface area (Å²) in [6, 6.07) is 3.08. The van der Waals surface area contributed by atoms with Gasteiger partial charge in [0.1, 0.15) is 10.8 Å². The minimum Gasteiger partial charge on any atom is -0.462 e. The summed E-state index contributed by atoms with van der Waals surface area (Å²) in [7, 11) is 0. The Kier molecular flexibility index (Phi) is 7.47. The van der Waals surface area contributed by atoms with Crippen LogP contribution in [0.2, 0.25) is 0 Å². The molecule has 0 spiro atoms. The summed E-state index contributed by atoms with van der Waals surface area (Å²) in [6.07, 6.45) is 5.11. The average molecular weight is 550 g/mol. The second kappa shape index (κ2) is 9.65. The van der Waals surface area contributed by atoms with E-state index in [1.807, 2.05) is 0 Å². The molecule has 9 heteroatoms. The van der Waals surface area contributed by atoms with Crippen LogP contribution in [-0.4, -0.2) is 17.7 Å². The van der Waals surface area contributed by atoms with E-state index in [0.717, 1.165) is 37.7 Å². The Balaban J connectivity index is 1.87. The van der Waals surface area contributed by atoms with Crippen LogP contribution in [-0.2, 0) is 17.6 Å². The number of benzene rings is 1. The molecule has 0 fully saturated rings. The molecule has 0 unspecified atom stereocenters. The van der Waals surface area contributed by atoms with E-state index in [9.17, 15) is 9.18 Å². The van der Waals surface area contributed by atoms with Gasteiger partial charge in [-0.05, 0) is 78.5 Å². The lowest BCUT2D eigenvalue weighted by Crippen LogP contribution is -2.21. The van der Waals surface area contributed by atoms with Crippen molar-refractivity contribution in [1.29, 1.82) is 0 Å². The smallest absolute Gasteiger partial charge is 0.341 e. The molecule has 0 atom stereocenters. The number of carbonyl (C=O) groups is 1. The van der Waals surface area contributed by atoms with Gasteiger partial charge in [0.15, 0.2) is 5.11 Å². The van der Waals surface area contributed by atoms with Crippen molar-refractivity contribution in [1.82, 2.24) is 0 Å². The summed E-state index contributed by atoms with van der Waals surface area (Å²) in [6.45, 7) is 2.10. The Bertz CT molecular complexity index is 895. The molecule has 1 aromatic heterocycles. The van der Waals surface area contributed by atoms with E-state index >= 15 is 0 Å². The second-order valence-electron chi connectivity index (χ2n) is 6.31. The molecule has 2 aromatic rings. The van der Waals surface area contributed by atoms with Crippen LogP contribution in [0.4, 0.5) is 15.1 Å². The molecule has 0 amide bonds. The number of thiophene rings is 1. The predicted molar refractivity (Wildman–Crippen MR) is 123 cm³/mol. The third-order valence-corrected chi connectivity index (χ3v) is 6.87. The minimum absolute atomic E-state index is 0.212. The number of aryl methyl sites for hydroxylation is 1. The van der Waals surface area contributed by atoms with Crippen LogP contribution in [0.15, 0.2) is 21.1 Å². The topological polar surface area (TPSA) is 50.4 Å². The normalized spacial score (nSPS) is 13.4. The quantitative estimate of drug-likeness (QED) is 0.253. The fourth-order valence-corrected chi connectivity index (χ4v) is 5.98. The largest absolute Gasteiger partial charge is 0.462 e. The van der Waals surface area contributed by atoms with Crippen molar-refractivity contribution in [3.63, 3.8) is 0 Å². The summed E-state index contributed by atoms with van der Waals surface area (Å²) in [4.78, 5) is 13.8. The third kappa shape index (κ3) is 4.93. The summed E-state index contributed by atoms with van der Waals surface area (Å²) >= 11 is 13.5. The van der Waals surface area contributed by atoms with Crippen LogP contribution in [0.3, 0.4) is 0 Å². The lowest BCUT2D eigenvalue weighted by atomic mass is 10.1. The van der Waals surface area contributed by atoms with Crippen molar-refractivity contribution < 1.29 is 13.9 Å². The van der Waals surface area contributed by atoms with Crippen LogP contribution in [0.25, 0.3) is 0 Å². The van der Waals surface area contributed by atoms with E-state index in [0.29, 0.717) is 26.1 Å². The number of hydrogen-bond acceptors (Lipinski definition) is 4. The standard InChI is InChI=1S/C19H19Br2FN2O2S2/c1-2-26-18(25)15-11-6-4-3-5-7-14(11)28-17(15)24-19(27)23-16-12(21)8-10(20)9-13(16)22/h8-9H,2-7H2,1H3,(H2,23,24,27). The van der Waals surface area contributed by atoms with E-state index in [1.165, 1.54) is 22.3 Å². The third-order valence-electron chi connectivity index (χ3n) is 4.37. The van der Waals surface area contributed by atoms with E-state index in [1.54, 1.807) is 13.0 Å². The zero-order valence-corrected chi connectivity index (χ0v) is 20.0. The monoisotopic (exact) mass is 548 g/mol. The number of carbonyl (C=O) groups excluding carboxylic acids is 1. The number of nitrogens with one attached hydrogen (secondary N) is 2. The Labute approximate surface area is 189 Å². The molecule has 0 aliphatic heterocycles. The molecule has 1 aromatic carbocycles. The van der Waals surface area contributed by atoms with Gasteiger partial charge in [-0.3, -0.25) is 0 Å². The molecule has 150 valence electrons. The van der Waals surface area contributed by atoms with Gasteiger partial charge in [0, 0.05) is 13.8 Å². The van der Waals surface area contributed by atoms with Gasteiger partial charge < -0.3 is 15.4 Å². The van der Waals surface area contributed by atoms with E-state index < -0.39 is 5.82 Å². The first-order valence-electron chi connectivity index (χ1n) is 8.95. The zero-order valence-electron chi connectivity index (χ0n) is 15.2. The number of rotatable bonds is 4. The van der Waals surface area contributed by atoms with Crippen LogP contribution in [0.1, 0.15) is 47.0 Å². The number of fused-ring (bicyclic) bond motifs is 1. The molecule has 0 radical (unpaired) electrons. The van der Waals surface area contributed by atoms with E-state index in [-0.39, 0.29) is 16.8 Å². The molecule has 28 heavy (non-hydrogen) atoms. The Morgan fingerprint density at radius 2 is 2.00 bits per heavy atom. The maximum absolute atomic E-state index is 14.3. The number of ether oxygens (including phenoxy) is 1. The fourth-order valence-electron chi connectivity index (χ4n) is 3.16. The zero-order chi connectivity index (χ0) is 20.3. The van der Waals surface area contributed by atoms with Crippen molar-refractivity contribution >= 4 is 77.2 Å². The highest BCUT2D eigenvalue weighted by molar-refractivity contribution is 9.11. The van der Waals surface area contributed by atoms with Crippen molar-refractivity contribution in [3.05, 3.63) is 42.9 Å². The van der Waals surface area contributed by atoms with Crippen LogP contribution >= 0.6 is 55.4 Å². The highest BCUT2D eigenvalue weighted by Gasteiger charge is 2.26. The maximum Gasteiger partial charge on any atom is 0.341 e. The molecule has 3 rings (SSSR count). The summed E-state index contributed by atoms with van der Waals surface area (Å²) < 4.78 is 20.7. The van der Waals surface area contributed by atoms with Crippen LogP contribution in [0, 0.1) is 5.82 Å².